The summed E-state index contributed by atoms with van der Waals surface area (Å²) < 4.78 is 5.01. The van der Waals surface area contributed by atoms with Crippen molar-refractivity contribution >= 4 is 5.91 Å². The molecule has 1 aliphatic rings. The number of furan rings is 1. The quantitative estimate of drug-likeness (QED) is 0.834. The Balaban J connectivity index is 1.75. The molecule has 0 radical (unpaired) electrons. The van der Waals surface area contributed by atoms with Gasteiger partial charge in [0, 0.05) is 19.0 Å². The van der Waals surface area contributed by atoms with E-state index in [4.69, 9.17) is 4.42 Å². The molecule has 0 N–H and O–H groups in total. The topological polar surface area (TPSA) is 33.5 Å². The van der Waals surface area contributed by atoms with Crippen LogP contribution in [-0.2, 0) is 0 Å². The van der Waals surface area contributed by atoms with Crippen molar-refractivity contribution in [1.29, 1.82) is 0 Å². The van der Waals surface area contributed by atoms with Gasteiger partial charge in [0.1, 0.15) is 6.26 Å². The Labute approximate surface area is 119 Å². The molecule has 0 saturated carbocycles. The average molecular weight is 269 g/mol. The molecule has 3 heteroatoms. The maximum atomic E-state index is 12.4. The molecule has 0 spiro atoms. The number of hydrogen-bond donors (Lipinski definition) is 0. The molecule has 2 heterocycles. The minimum Gasteiger partial charge on any atom is -0.472 e. The van der Waals surface area contributed by atoms with E-state index in [-0.39, 0.29) is 5.91 Å². The molecule has 0 bridgehead atoms. The highest BCUT2D eigenvalue weighted by Gasteiger charge is 2.25. The van der Waals surface area contributed by atoms with Crippen molar-refractivity contribution in [2.75, 3.05) is 13.1 Å². The van der Waals surface area contributed by atoms with Crippen LogP contribution in [0.2, 0.25) is 0 Å². The van der Waals surface area contributed by atoms with Crippen molar-refractivity contribution in [3.63, 3.8) is 0 Å². The van der Waals surface area contributed by atoms with Gasteiger partial charge in [0.25, 0.3) is 5.91 Å². The first-order chi connectivity index (χ1) is 9.74. The second kappa shape index (κ2) is 5.53. The predicted octanol–water partition coefficient (Wildman–Crippen LogP) is 3.61. The first-order valence-corrected chi connectivity index (χ1v) is 7.12. The van der Waals surface area contributed by atoms with E-state index in [0.717, 1.165) is 25.9 Å². The van der Waals surface area contributed by atoms with E-state index in [1.54, 1.807) is 12.3 Å². The molecular formula is C17H19NO2. The molecule has 1 atom stereocenters. The van der Waals surface area contributed by atoms with Crippen LogP contribution < -0.4 is 0 Å². The molecule has 0 aliphatic carbocycles. The minimum atomic E-state index is 0.0797. The van der Waals surface area contributed by atoms with Gasteiger partial charge in [-0.25, -0.2) is 0 Å². The standard InChI is InChI=1S/C17H19NO2/c1-13-4-2-5-14(10-13)15-6-3-8-18(11-15)17(19)16-7-9-20-12-16/h2,4-5,7,9-10,12,15H,3,6,8,11H2,1H3/t15-/m0/s1. The summed E-state index contributed by atoms with van der Waals surface area (Å²) in [5.74, 6) is 0.524. The number of carbonyl (C=O) groups is 1. The normalized spacial score (nSPS) is 19.1. The highest BCUT2D eigenvalue weighted by molar-refractivity contribution is 5.93. The fraction of sp³-hybridized carbons (Fsp3) is 0.353. The summed E-state index contributed by atoms with van der Waals surface area (Å²) in [4.78, 5) is 14.3. The number of nitrogens with zero attached hydrogens (tertiary/aromatic N) is 1. The van der Waals surface area contributed by atoms with Crippen LogP contribution in [0.5, 0.6) is 0 Å². The van der Waals surface area contributed by atoms with E-state index in [1.807, 2.05) is 4.90 Å². The lowest BCUT2D eigenvalue weighted by molar-refractivity contribution is 0.0706. The molecule has 3 nitrogen and oxygen atoms in total. The van der Waals surface area contributed by atoms with Crippen LogP contribution in [0.25, 0.3) is 0 Å². The summed E-state index contributed by atoms with van der Waals surface area (Å²) in [6.45, 7) is 3.75. The summed E-state index contributed by atoms with van der Waals surface area (Å²) in [6, 6.07) is 10.3. The minimum absolute atomic E-state index is 0.0797. The van der Waals surface area contributed by atoms with Gasteiger partial charge in [-0.15, -0.1) is 0 Å². The Morgan fingerprint density at radius 3 is 3.00 bits per heavy atom. The van der Waals surface area contributed by atoms with E-state index in [9.17, 15) is 4.79 Å². The third kappa shape index (κ3) is 2.62. The molecule has 1 fully saturated rings. The van der Waals surface area contributed by atoms with Crippen molar-refractivity contribution in [2.24, 2.45) is 0 Å². The zero-order valence-electron chi connectivity index (χ0n) is 11.7. The smallest absolute Gasteiger partial charge is 0.257 e. The van der Waals surface area contributed by atoms with Crippen molar-refractivity contribution in [1.82, 2.24) is 4.90 Å². The van der Waals surface area contributed by atoms with E-state index in [0.29, 0.717) is 11.5 Å². The van der Waals surface area contributed by atoms with Gasteiger partial charge in [-0.3, -0.25) is 4.79 Å². The summed E-state index contributed by atoms with van der Waals surface area (Å²) in [7, 11) is 0. The van der Waals surface area contributed by atoms with Crippen LogP contribution >= 0.6 is 0 Å². The van der Waals surface area contributed by atoms with E-state index in [2.05, 4.69) is 31.2 Å². The first-order valence-electron chi connectivity index (χ1n) is 7.12. The van der Waals surface area contributed by atoms with Crippen LogP contribution in [0, 0.1) is 6.92 Å². The first kappa shape index (κ1) is 13.0. The highest BCUT2D eigenvalue weighted by Crippen LogP contribution is 2.28. The van der Waals surface area contributed by atoms with Crippen LogP contribution in [0.15, 0.2) is 47.3 Å². The van der Waals surface area contributed by atoms with Crippen LogP contribution in [0.1, 0.15) is 40.2 Å². The summed E-state index contributed by atoms with van der Waals surface area (Å²) in [5.41, 5.74) is 3.27. The lowest BCUT2D eigenvalue weighted by atomic mass is 9.89. The molecule has 0 unspecified atom stereocenters. The van der Waals surface area contributed by atoms with E-state index in [1.165, 1.54) is 17.4 Å². The fourth-order valence-corrected chi connectivity index (χ4v) is 2.93. The number of piperidine rings is 1. The van der Waals surface area contributed by atoms with Crippen molar-refractivity contribution in [3.05, 3.63) is 59.5 Å². The third-order valence-electron chi connectivity index (χ3n) is 3.99. The van der Waals surface area contributed by atoms with Crippen molar-refractivity contribution in [3.8, 4) is 0 Å². The molecule has 1 amide bonds. The Bertz CT molecular complexity index is 589. The molecule has 20 heavy (non-hydrogen) atoms. The molecule has 104 valence electrons. The van der Waals surface area contributed by atoms with Gasteiger partial charge in [0.05, 0.1) is 11.8 Å². The van der Waals surface area contributed by atoms with Crippen LogP contribution in [0.3, 0.4) is 0 Å². The number of likely N-dealkylation sites (tertiary alicyclic amines) is 1. The number of carbonyl (C=O) groups excluding carboxylic acids is 1. The molecule has 3 rings (SSSR count). The zero-order valence-corrected chi connectivity index (χ0v) is 11.7. The van der Waals surface area contributed by atoms with Gasteiger partial charge in [0.15, 0.2) is 0 Å². The van der Waals surface area contributed by atoms with Gasteiger partial charge in [-0.1, -0.05) is 29.8 Å². The summed E-state index contributed by atoms with van der Waals surface area (Å²) >= 11 is 0. The molecule has 1 aliphatic heterocycles. The van der Waals surface area contributed by atoms with Crippen molar-refractivity contribution < 1.29 is 9.21 Å². The van der Waals surface area contributed by atoms with Crippen LogP contribution in [-0.4, -0.2) is 23.9 Å². The Morgan fingerprint density at radius 1 is 1.35 bits per heavy atom. The monoisotopic (exact) mass is 269 g/mol. The summed E-state index contributed by atoms with van der Waals surface area (Å²) in [6.07, 6.45) is 5.29. The summed E-state index contributed by atoms with van der Waals surface area (Å²) in [5, 5.41) is 0. The average Bonchev–Trinajstić information content (AvgIpc) is 3.01. The van der Waals surface area contributed by atoms with Gasteiger partial charge >= 0.3 is 0 Å². The van der Waals surface area contributed by atoms with Gasteiger partial charge in [-0.05, 0) is 31.4 Å². The number of rotatable bonds is 2. The Morgan fingerprint density at radius 2 is 2.25 bits per heavy atom. The maximum Gasteiger partial charge on any atom is 0.257 e. The highest BCUT2D eigenvalue weighted by atomic mass is 16.3. The molecule has 1 saturated heterocycles. The number of benzene rings is 1. The number of aryl methyl sites for hydroxylation is 1. The Kier molecular flexibility index (Phi) is 3.59. The Hall–Kier alpha value is -2.03. The van der Waals surface area contributed by atoms with Gasteiger partial charge in [0.2, 0.25) is 0 Å². The van der Waals surface area contributed by atoms with E-state index >= 15 is 0 Å². The van der Waals surface area contributed by atoms with Gasteiger partial charge in [-0.2, -0.15) is 0 Å². The van der Waals surface area contributed by atoms with Crippen LogP contribution in [0.4, 0.5) is 0 Å². The largest absolute Gasteiger partial charge is 0.472 e. The van der Waals surface area contributed by atoms with E-state index < -0.39 is 0 Å². The lowest BCUT2D eigenvalue weighted by Gasteiger charge is -2.33. The lowest BCUT2D eigenvalue weighted by Crippen LogP contribution is -2.38. The van der Waals surface area contributed by atoms with Gasteiger partial charge < -0.3 is 9.32 Å². The fourth-order valence-electron chi connectivity index (χ4n) is 2.93. The molecule has 2 aromatic rings. The predicted molar refractivity (Wildman–Crippen MR) is 77.8 cm³/mol. The molecule has 1 aromatic carbocycles. The zero-order chi connectivity index (χ0) is 13.9. The third-order valence-corrected chi connectivity index (χ3v) is 3.99. The number of amides is 1. The number of hydrogen-bond acceptors (Lipinski definition) is 2. The second-order valence-electron chi connectivity index (χ2n) is 5.52. The van der Waals surface area contributed by atoms with Crippen molar-refractivity contribution in [2.45, 2.75) is 25.7 Å². The molecular weight excluding hydrogens is 250 g/mol. The maximum absolute atomic E-state index is 12.4. The SMILES string of the molecule is Cc1cccc([C@H]2CCCN(C(=O)c3ccoc3)C2)c1. The molecule has 1 aromatic heterocycles. The second-order valence-corrected chi connectivity index (χ2v) is 5.52.